The van der Waals surface area contributed by atoms with Crippen LogP contribution in [-0.4, -0.2) is 26.2 Å². The minimum atomic E-state index is -0.404. The number of hydrogen-bond donors (Lipinski definition) is 2. The molecule has 0 saturated carbocycles. The monoisotopic (exact) mass is 342 g/mol. The Labute approximate surface area is 149 Å². The summed E-state index contributed by atoms with van der Waals surface area (Å²) in [6.07, 6.45) is 0. The summed E-state index contributed by atoms with van der Waals surface area (Å²) in [7, 11) is 3.17. The first-order chi connectivity index (χ1) is 11.8. The van der Waals surface area contributed by atoms with E-state index in [0.717, 1.165) is 22.5 Å². The Morgan fingerprint density at radius 2 is 1.56 bits per heavy atom. The predicted molar refractivity (Wildman–Crippen MR) is 102 cm³/mol. The van der Waals surface area contributed by atoms with Crippen LogP contribution in [0.2, 0.25) is 0 Å². The zero-order valence-electron chi connectivity index (χ0n) is 15.7. The third-order valence-electron chi connectivity index (χ3n) is 4.09. The molecule has 5 nitrogen and oxygen atoms in total. The lowest BCUT2D eigenvalue weighted by molar-refractivity contribution is -0.116. The van der Waals surface area contributed by atoms with Crippen LogP contribution in [0.15, 0.2) is 30.3 Å². The van der Waals surface area contributed by atoms with Gasteiger partial charge in [-0.2, -0.15) is 0 Å². The topological polar surface area (TPSA) is 59.6 Å². The molecule has 2 N–H and O–H groups in total. The van der Waals surface area contributed by atoms with Gasteiger partial charge in [0.15, 0.2) is 11.5 Å². The van der Waals surface area contributed by atoms with E-state index in [1.54, 1.807) is 20.3 Å². The molecule has 2 rings (SSSR count). The van der Waals surface area contributed by atoms with Crippen LogP contribution >= 0.6 is 0 Å². The van der Waals surface area contributed by atoms with Crippen molar-refractivity contribution in [2.45, 2.75) is 33.7 Å². The number of benzene rings is 2. The van der Waals surface area contributed by atoms with Gasteiger partial charge in [0.1, 0.15) is 6.04 Å². The molecule has 0 bridgehead atoms. The molecule has 5 heteroatoms. The Bertz CT molecular complexity index is 749. The molecule has 1 atom stereocenters. The summed E-state index contributed by atoms with van der Waals surface area (Å²) in [6, 6.07) is 9.20. The molecule has 2 aromatic carbocycles. The number of anilines is 2. The van der Waals surface area contributed by atoms with Crippen LogP contribution < -0.4 is 20.1 Å². The van der Waals surface area contributed by atoms with Gasteiger partial charge >= 0.3 is 0 Å². The highest BCUT2D eigenvalue weighted by Crippen LogP contribution is 2.30. The first-order valence-corrected chi connectivity index (χ1v) is 8.23. The van der Waals surface area contributed by atoms with E-state index in [2.05, 4.69) is 22.8 Å². The minimum Gasteiger partial charge on any atom is -0.493 e. The van der Waals surface area contributed by atoms with E-state index in [-0.39, 0.29) is 5.91 Å². The maximum Gasteiger partial charge on any atom is 0.246 e. The van der Waals surface area contributed by atoms with Crippen molar-refractivity contribution in [3.05, 3.63) is 47.0 Å². The van der Waals surface area contributed by atoms with Crippen LogP contribution in [0.5, 0.6) is 11.5 Å². The summed E-state index contributed by atoms with van der Waals surface area (Å²) in [6.45, 7) is 7.88. The second-order valence-electron chi connectivity index (χ2n) is 6.20. The van der Waals surface area contributed by atoms with E-state index < -0.39 is 6.04 Å². The standard InChI is InChI=1S/C20H26N2O3/c1-12-9-13(2)19(14(3)10-12)22-20(23)15(4)21-16-7-8-17(24-5)18(11-16)25-6/h7-11,15,21H,1-6H3,(H,22,23)/t15-/m1/s1. The number of rotatable bonds is 6. The molecule has 2 aromatic rings. The van der Waals surface area contributed by atoms with Gasteiger partial charge in [0.25, 0.3) is 0 Å². The number of hydrogen-bond acceptors (Lipinski definition) is 4. The Morgan fingerprint density at radius 3 is 2.12 bits per heavy atom. The lowest BCUT2D eigenvalue weighted by Crippen LogP contribution is -2.32. The van der Waals surface area contributed by atoms with Crippen molar-refractivity contribution in [3.8, 4) is 11.5 Å². The van der Waals surface area contributed by atoms with Gasteiger partial charge in [-0.05, 0) is 51.0 Å². The van der Waals surface area contributed by atoms with Crippen LogP contribution in [0.4, 0.5) is 11.4 Å². The summed E-state index contributed by atoms with van der Waals surface area (Å²) in [5.74, 6) is 1.17. The molecule has 1 amide bonds. The van der Waals surface area contributed by atoms with Gasteiger partial charge in [-0.3, -0.25) is 4.79 Å². The summed E-state index contributed by atoms with van der Waals surface area (Å²) in [5.41, 5.74) is 4.96. The second kappa shape index (κ2) is 7.92. The zero-order valence-corrected chi connectivity index (χ0v) is 15.7. The molecule has 0 aliphatic rings. The van der Waals surface area contributed by atoms with Crippen molar-refractivity contribution in [1.82, 2.24) is 0 Å². The van der Waals surface area contributed by atoms with E-state index in [1.165, 1.54) is 5.56 Å². The van der Waals surface area contributed by atoms with Crippen molar-refractivity contribution < 1.29 is 14.3 Å². The Morgan fingerprint density at radius 1 is 0.960 bits per heavy atom. The van der Waals surface area contributed by atoms with Gasteiger partial charge in [-0.25, -0.2) is 0 Å². The molecule has 0 aromatic heterocycles. The van der Waals surface area contributed by atoms with Crippen molar-refractivity contribution in [2.75, 3.05) is 24.9 Å². The van der Waals surface area contributed by atoms with Crippen molar-refractivity contribution in [1.29, 1.82) is 0 Å². The number of ether oxygens (including phenoxy) is 2. The van der Waals surface area contributed by atoms with E-state index in [1.807, 2.05) is 39.8 Å². The Kier molecular flexibility index (Phi) is 5.91. The predicted octanol–water partition coefficient (Wildman–Crippen LogP) is 4.07. The van der Waals surface area contributed by atoms with Gasteiger partial charge in [-0.1, -0.05) is 17.7 Å². The van der Waals surface area contributed by atoms with Crippen LogP contribution in [0.25, 0.3) is 0 Å². The molecule has 134 valence electrons. The van der Waals surface area contributed by atoms with Crippen molar-refractivity contribution in [3.63, 3.8) is 0 Å². The summed E-state index contributed by atoms with van der Waals surface area (Å²) < 4.78 is 10.5. The fourth-order valence-corrected chi connectivity index (χ4v) is 2.85. The number of carbonyl (C=O) groups is 1. The molecule has 0 fully saturated rings. The van der Waals surface area contributed by atoms with Crippen molar-refractivity contribution >= 4 is 17.3 Å². The third kappa shape index (κ3) is 4.44. The van der Waals surface area contributed by atoms with Gasteiger partial charge in [0, 0.05) is 17.4 Å². The largest absolute Gasteiger partial charge is 0.493 e. The van der Waals surface area contributed by atoms with Crippen LogP contribution in [0.1, 0.15) is 23.6 Å². The van der Waals surface area contributed by atoms with E-state index in [9.17, 15) is 4.79 Å². The lowest BCUT2D eigenvalue weighted by Gasteiger charge is -2.19. The molecule has 0 unspecified atom stereocenters. The Balaban J connectivity index is 2.11. The quantitative estimate of drug-likeness (QED) is 0.831. The number of carbonyl (C=O) groups excluding carboxylic acids is 1. The summed E-state index contributed by atoms with van der Waals surface area (Å²) in [5, 5.41) is 6.21. The maximum absolute atomic E-state index is 12.6. The fourth-order valence-electron chi connectivity index (χ4n) is 2.85. The first kappa shape index (κ1) is 18.6. The normalized spacial score (nSPS) is 11.6. The molecule has 25 heavy (non-hydrogen) atoms. The number of methoxy groups -OCH3 is 2. The third-order valence-corrected chi connectivity index (χ3v) is 4.09. The van der Waals surface area contributed by atoms with E-state index in [0.29, 0.717) is 11.5 Å². The first-order valence-electron chi connectivity index (χ1n) is 8.23. The summed E-state index contributed by atoms with van der Waals surface area (Å²) in [4.78, 5) is 12.6. The molecule has 0 aliphatic heterocycles. The molecular weight excluding hydrogens is 316 g/mol. The van der Waals surface area contributed by atoms with Crippen molar-refractivity contribution in [2.24, 2.45) is 0 Å². The maximum atomic E-state index is 12.6. The minimum absolute atomic E-state index is 0.0927. The van der Waals surface area contributed by atoms with Gasteiger partial charge in [0.05, 0.1) is 14.2 Å². The average molecular weight is 342 g/mol. The van der Waals surface area contributed by atoms with Gasteiger partial charge in [0.2, 0.25) is 5.91 Å². The van der Waals surface area contributed by atoms with Gasteiger partial charge < -0.3 is 20.1 Å². The number of aryl methyl sites for hydroxylation is 3. The van der Waals surface area contributed by atoms with E-state index >= 15 is 0 Å². The molecule has 0 spiro atoms. The number of amides is 1. The van der Waals surface area contributed by atoms with Gasteiger partial charge in [-0.15, -0.1) is 0 Å². The molecule has 0 saturated heterocycles. The zero-order chi connectivity index (χ0) is 18.6. The van der Waals surface area contributed by atoms with Crippen LogP contribution in [0, 0.1) is 20.8 Å². The average Bonchev–Trinajstić information content (AvgIpc) is 2.57. The Hall–Kier alpha value is -2.69. The molecule has 0 aliphatic carbocycles. The van der Waals surface area contributed by atoms with Crippen LogP contribution in [-0.2, 0) is 4.79 Å². The van der Waals surface area contributed by atoms with E-state index in [4.69, 9.17) is 9.47 Å². The summed E-state index contributed by atoms with van der Waals surface area (Å²) >= 11 is 0. The number of nitrogens with one attached hydrogen (secondary N) is 2. The lowest BCUT2D eigenvalue weighted by atomic mass is 10.0. The molecule has 0 radical (unpaired) electrons. The smallest absolute Gasteiger partial charge is 0.246 e. The van der Waals surface area contributed by atoms with Crippen LogP contribution in [0.3, 0.4) is 0 Å². The second-order valence-corrected chi connectivity index (χ2v) is 6.20. The molecule has 0 heterocycles. The molecular formula is C20H26N2O3. The highest BCUT2D eigenvalue weighted by Gasteiger charge is 2.16. The highest BCUT2D eigenvalue weighted by atomic mass is 16.5. The highest BCUT2D eigenvalue weighted by molar-refractivity contribution is 5.97. The fraction of sp³-hybridized carbons (Fsp3) is 0.350. The SMILES string of the molecule is COc1ccc(N[C@H](C)C(=O)Nc2c(C)cc(C)cc2C)cc1OC.